The number of carbonyl (C=O) groups is 1. The minimum absolute atomic E-state index is 0.469. The van der Waals surface area contributed by atoms with Crippen molar-refractivity contribution in [3.05, 3.63) is 59.7 Å². The number of rotatable bonds is 0. The molecule has 1 aliphatic rings. The van der Waals surface area contributed by atoms with Crippen LogP contribution >= 0.6 is 0 Å². The van der Waals surface area contributed by atoms with Gasteiger partial charge >= 0.3 is 6.03 Å². The number of anilines is 2. The molecule has 2 aromatic carbocycles. The number of hydrogen-bond donors (Lipinski definition) is 2. The molecule has 4 heteroatoms. The Morgan fingerprint density at radius 1 is 1.11 bits per heavy atom. The van der Waals surface area contributed by atoms with Crippen LogP contribution < -0.4 is 10.6 Å². The van der Waals surface area contributed by atoms with Gasteiger partial charge in [-0.1, -0.05) is 36.4 Å². The predicted octanol–water partition coefficient (Wildman–Crippen LogP) is 2.49. The Morgan fingerprint density at radius 3 is 2.47 bits per heavy atom. The molecule has 4 nitrogen and oxygen atoms in total. The van der Waals surface area contributed by atoms with Gasteiger partial charge in [-0.15, -0.1) is 0 Å². The van der Waals surface area contributed by atoms with Crippen LogP contribution in [0.2, 0.25) is 0 Å². The number of nitrogens with zero attached hydrogens (tertiary/aromatic N) is 1. The maximum absolute atomic E-state index is 11.8. The van der Waals surface area contributed by atoms with Crippen LogP contribution in [0.15, 0.2) is 48.5 Å². The summed E-state index contributed by atoms with van der Waals surface area (Å²) in [5.41, 5.74) is 8.53. The number of primary amides is 1. The molecule has 0 aromatic heterocycles. The van der Waals surface area contributed by atoms with E-state index in [9.17, 15) is 9.90 Å². The monoisotopic (exact) mass is 260 g/mol. The number of benzene rings is 2. The molecular weight excluding hydrogens is 246 g/mol. The van der Waals surface area contributed by atoms with Gasteiger partial charge in [0.1, 0.15) is 0 Å². The van der Waals surface area contributed by atoms with E-state index in [1.165, 1.54) is 4.90 Å². The quantitative estimate of drug-likeness (QED) is 0.764. The molecule has 0 radical (unpaired) electrons. The molecule has 96 valence electrons. The molecule has 1 atom stereocenters. The fraction of sp³-hybridized carbons (Fsp3) is 0.133. The fourth-order valence-corrected chi connectivity index (χ4v) is 2.56. The molecule has 0 aliphatic carbocycles. The second-order valence-electron chi connectivity index (χ2n) is 4.58. The summed E-state index contributed by atoms with van der Waals surface area (Å²) in [6, 6.07) is 14.2. The van der Waals surface area contributed by atoms with Crippen LogP contribution in [0.1, 0.15) is 17.2 Å². The van der Waals surface area contributed by atoms with E-state index in [1.54, 1.807) is 6.07 Å². The molecule has 3 rings (SSSR count). The van der Waals surface area contributed by atoms with Gasteiger partial charge in [0.25, 0.3) is 0 Å². The molecule has 19 heavy (non-hydrogen) atoms. The molecule has 3 N–H and O–H groups in total. The van der Waals surface area contributed by atoms with Crippen molar-refractivity contribution in [1.29, 1.82) is 0 Å². The van der Waals surface area contributed by atoms with Crippen molar-refractivity contribution < 1.29 is 9.90 Å². The first-order valence-corrected chi connectivity index (χ1v) is 6.13. The van der Waals surface area contributed by atoms with Gasteiger partial charge in [0.2, 0.25) is 0 Å². The number of nitrogens with two attached hydrogens (primary N) is 1. The van der Waals surface area contributed by atoms with E-state index >= 15 is 0 Å². The maximum Gasteiger partial charge on any atom is 0.323 e. The van der Waals surface area contributed by atoms with E-state index in [-0.39, 0.29) is 0 Å². The van der Waals surface area contributed by atoms with E-state index in [2.05, 4.69) is 0 Å². The van der Waals surface area contributed by atoms with Gasteiger partial charge in [0.05, 0.1) is 17.5 Å². The van der Waals surface area contributed by atoms with Gasteiger partial charge in [0.15, 0.2) is 0 Å². The molecule has 2 amide bonds. The zero-order valence-electron chi connectivity index (χ0n) is 10.3. The van der Waals surface area contributed by atoms with Crippen LogP contribution in [0.3, 0.4) is 0 Å². The number of amides is 2. The van der Waals surface area contributed by atoms with Gasteiger partial charge in [-0.05, 0) is 17.7 Å². The first kappa shape index (κ1) is 11.7. The third kappa shape index (κ3) is 1.86. The average Bonchev–Trinajstić information content (AvgIpc) is 2.53. The van der Waals surface area contributed by atoms with Crippen LogP contribution in [0.25, 0.3) is 0 Å². The van der Waals surface area contributed by atoms with Crippen molar-refractivity contribution in [3.8, 4) is 0 Å². The Morgan fingerprint density at radius 2 is 1.74 bits per heavy atom. The van der Waals surface area contributed by atoms with Crippen molar-refractivity contribution in [2.45, 2.75) is 12.5 Å². The van der Waals surface area contributed by atoms with Gasteiger partial charge in [-0.2, -0.15) is 0 Å². The van der Waals surface area contributed by atoms with E-state index in [1.807, 2.05) is 42.5 Å². The normalized spacial score (nSPS) is 17.3. The lowest BCUT2D eigenvalue weighted by atomic mass is 10.1. The summed E-state index contributed by atoms with van der Waals surface area (Å²) < 4.78 is 0. The van der Waals surface area contributed by atoms with Gasteiger partial charge in [-0.3, -0.25) is 4.90 Å². The fourth-order valence-electron chi connectivity index (χ4n) is 2.56. The highest BCUT2D eigenvalue weighted by atomic mass is 16.3. The zero-order chi connectivity index (χ0) is 13.4. The van der Waals surface area contributed by atoms with Crippen LogP contribution in [0, 0.1) is 0 Å². The third-order valence-corrected chi connectivity index (χ3v) is 3.40. The summed E-state index contributed by atoms with van der Waals surface area (Å²) in [5, 5.41) is 10.3. The summed E-state index contributed by atoms with van der Waals surface area (Å²) in [7, 11) is 0. The summed E-state index contributed by atoms with van der Waals surface area (Å²) in [5.74, 6) is 0. The van der Waals surface area contributed by atoms with Crippen LogP contribution in [-0.2, 0) is 6.42 Å². The number of aliphatic hydroxyl groups is 1. The van der Waals surface area contributed by atoms with Crippen LogP contribution in [0.5, 0.6) is 0 Å². The number of urea groups is 1. The lowest BCUT2D eigenvalue weighted by Crippen LogP contribution is -2.32. The standard InChI is InChI=1S/C15H14N2O2/c16-15(19)17-12-7-3-1-5-10(12)9-14(18)11-6-2-4-8-13(11)17/h1-8,14,18H,9H2,(H2,16,19)/i2+1,4+1,6+1,8+1,11+1,13+1. The van der Waals surface area contributed by atoms with Crippen molar-refractivity contribution in [2.24, 2.45) is 5.73 Å². The number of fused-ring (bicyclic) bond motifs is 2. The van der Waals surface area contributed by atoms with E-state index in [4.69, 9.17) is 5.73 Å². The summed E-state index contributed by atoms with van der Waals surface area (Å²) in [4.78, 5) is 13.3. The Balaban J connectivity index is 2.28. The summed E-state index contributed by atoms with van der Waals surface area (Å²) in [6.45, 7) is 0. The van der Waals surface area contributed by atoms with E-state index < -0.39 is 12.1 Å². The first-order chi connectivity index (χ1) is 9.18. The van der Waals surface area contributed by atoms with Crippen molar-refractivity contribution >= 4 is 17.4 Å². The zero-order valence-corrected chi connectivity index (χ0v) is 10.3. The molecule has 0 saturated carbocycles. The molecule has 1 unspecified atom stereocenters. The number of para-hydroxylation sites is 2. The largest absolute Gasteiger partial charge is 0.388 e. The highest BCUT2D eigenvalue weighted by Gasteiger charge is 2.27. The SMILES string of the molecule is NC(=O)N1c2ccccc2CC(O)[13c]2[13cH][13cH][13cH][13cH][13c]21. The Hall–Kier alpha value is -2.33. The minimum Gasteiger partial charge on any atom is -0.388 e. The second-order valence-corrected chi connectivity index (χ2v) is 4.58. The first-order valence-electron chi connectivity index (χ1n) is 6.13. The van der Waals surface area contributed by atoms with Gasteiger partial charge < -0.3 is 10.8 Å². The molecular formula is C15H14N2O2. The number of hydrogen-bond acceptors (Lipinski definition) is 2. The van der Waals surface area contributed by atoms with Gasteiger partial charge in [-0.25, -0.2) is 4.79 Å². The average molecular weight is 260 g/mol. The van der Waals surface area contributed by atoms with Crippen LogP contribution in [0.4, 0.5) is 16.2 Å². The lowest BCUT2D eigenvalue weighted by molar-refractivity contribution is 0.180. The molecule has 0 saturated heterocycles. The third-order valence-electron chi connectivity index (χ3n) is 3.40. The van der Waals surface area contributed by atoms with Crippen molar-refractivity contribution in [1.82, 2.24) is 0 Å². The summed E-state index contributed by atoms with van der Waals surface area (Å²) in [6.07, 6.45) is -0.168. The molecule has 1 aliphatic heterocycles. The van der Waals surface area contributed by atoms with E-state index in [0.29, 0.717) is 12.1 Å². The maximum atomic E-state index is 11.8. The predicted molar refractivity (Wildman–Crippen MR) is 73.3 cm³/mol. The van der Waals surface area contributed by atoms with Crippen molar-refractivity contribution in [3.63, 3.8) is 0 Å². The molecule has 2 aromatic rings. The highest BCUT2D eigenvalue weighted by molar-refractivity contribution is 6.00. The lowest BCUT2D eigenvalue weighted by Gasteiger charge is -2.22. The minimum atomic E-state index is -0.637. The Kier molecular flexibility index (Phi) is 2.72. The smallest absolute Gasteiger partial charge is 0.323 e. The van der Waals surface area contributed by atoms with Gasteiger partial charge in [0, 0.05) is 12.0 Å². The van der Waals surface area contributed by atoms with Crippen molar-refractivity contribution in [2.75, 3.05) is 4.90 Å². The van der Waals surface area contributed by atoms with Crippen LogP contribution in [-0.4, -0.2) is 11.1 Å². The molecule has 1 heterocycles. The second kappa shape index (κ2) is 4.40. The number of aliphatic hydroxyl groups excluding tert-OH is 1. The highest BCUT2D eigenvalue weighted by Crippen LogP contribution is 2.39. The molecule has 0 spiro atoms. The topological polar surface area (TPSA) is 66.6 Å². The Bertz CT molecular complexity index is 640. The van der Waals surface area contributed by atoms with E-state index in [0.717, 1.165) is 16.8 Å². The summed E-state index contributed by atoms with van der Waals surface area (Å²) >= 11 is 0. The number of carbonyl (C=O) groups excluding carboxylic acids is 1. The molecule has 0 fully saturated rings. The Labute approximate surface area is 111 Å². The molecule has 0 bridgehead atoms.